The van der Waals surface area contributed by atoms with Crippen LogP contribution >= 0.6 is 11.8 Å². The zero-order chi connectivity index (χ0) is 13.8. The van der Waals surface area contributed by atoms with Crippen molar-refractivity contribution in [2.75, 3.05) is 5.75 Å². The summed E-state index contributed by atoms with van der Waals surface area (Å²) in [5.41, 5.74) is 6.77. The first-order valence-corrected chi connectivity index (χ1v) is 7.83. The third-order valence-electron chi connectivity index (χ3n) is 3.32. The zero-order valence-corrected chi connectivity index (χ0v) is 12.4. The minimum Gasteiger partial charge on any atom is -0.368 e. The van der Waals surface area contributed by atoms with Crippen molar-refractivity contribution < 1.29 is 4.79 Å². The van der Waals surface area contributed by atoms with E-state index < -0.39 is 0 Å². The molecule has 0 saturated heterocycles. The lowest BCUT2D eigenvalue weighted by molar-refractivity contribution is -0.119. The Balaban J connectivity index is 1.87. The van der Waals surface area contributed by atoms with E-state index in [0.717, 1.165) is 12.8 Å². The molecule has 3 nitrogen and oxygen atoms in total. The topological polar surface area (TPSA) is 55.1 Å². The van der Waals surface area contributed by atoms with Gasteiger partial charge in [-0.3, -0.25) is 4.79 Å². The molecule has 0 bridgehead atoms. The van der Waals surface area contributed by atoms with Gasteiger partial charge in [0.1, 0.15) is 0 Å². The molecule has 4 heteroatoms. The maximum absolute atomic E-state index is 11.4. The quantitative estimate of drug-likeness (QED) is 0.754. The van der Waals surface area contributed by atoms with E-state index in [-0.39, 0.29) is 11.9 Å². The zero-order valence-electron chi connectivity index (χ0n) is 11.6. The number of carbonyl (C=O) groups excluding carboxylic acids is 1. The average molecular weight is 278 g/mol. The van der Waals surface area contributed by atoms with Crippen LogP contribution in [-0.4, -0.2) is 23.7 Å². The molecular formula is C15H22N2OS. The average Bonchev–Trinajstić information content (AvgIpc) is 3.18. The molecule has 1 atom stereocenters. The third-order valence-corrected chi connectivity index (χ3v) is 4.43. The van der Waals surface area contributed by atoms with E-state index in [1.54, 1.807) is 11.8 Å². The summed E-state index contributed by atoms with van der Waals surface area (Å²) < 4.78 is 0. The fourth-order valence-corrected chi connectivity index (χ4v) is 2.82. The van der Waals surface area contributed by atoms with Crippen molar-refractivity contribution in [1.29, 1.82) is 0 Å². The predicted molar refractivity (Wildman–Crippen MR) is 80.4 cm³/mol. The number of hydrogen-bond donors (Lipinski definition) is 2. The van der Waals surface area contributed by atoms with Crippen LogP contribution in [0, 0.1) is 0 Å². The highest BCUT2D eigenvalue weighted by Gasteiger charge is 2.27. The maximum atomic E-state index is 11.4. The molecule has 1 saturated carbocycles. The summed E-state index contributed by atoms with van der Waals surface area (Å²) >= 11 is 1.68. The van der Waals surface area contributed by atoms with Crippen molar-refractivity contribution in [3.63, 3.8) is 0 Å². The van der Waals surface area contributed by atoms with E-state index in [0.29, 0.717) is 17.7 Å². The van der Waals surface area contributed by atoms with Gasteiger partial charge in [-0.25, -0.2) is 0 Å². The molecule has 2 rings (SSSR count). The highest BCUT2D eigenvalue weighted by molar-refractivity contribution is 7.99. The molecule has 1 unspecified atom stereocenters. The fourth-order valence-electron chi connectivity index (χ4n) is 1.88. The van der Waals surface area contributed by atoms with Crippen molar-refractivity contribution in [3.8, 4) is 0 Å². The molecule has 1 aromatic rings. The van der Waals surface area contributed by atoms with Gasteiger partial charge in [-0.15, -0.1) is 11.8 Å². The molecule has 3 N–H and O–H groups in total. The number of primary amides is 1. The highest BCUT2D eigenvalue weighted by atomic mass is 32.2. The van der Waals surface area contributed by atoms with E-state index in [1.807, 2.05) is 0 Å². The molecule has 1 aliphatic rings. The van der Waals surface area contributed by atoms with Crippen LogP contribution in [0.2, 0.25) is 0 Å². The van der Waals surface area contributed by atoms with Gasteiger partial charge in [0.05, 0.1) is 6.04 Å². The molecule has 104 valence electrons. The summed E-state index contributed by atoms with van der Waals surface area (Å²) in [6, 6.07) is 8.83. The molecular weight excluding hydrogens is 256 g/mol. The van der Waals surface area contributed by atoms with E-state index in [2.05, 4.69) is 43.4 Å². The lowest BCUT2D eigenvalue weighted by Gasteiger charge is -2.14. The van der Waals surface area contributed by atoms with Crippen molar-refractivity contribution >= 4 is 17.7 Å². The van der Waals surface area contributed by atoms with Crippen LogP contribution in [-0.2, 0) is 4.79 Å². The monoisotopic (exact) mass is 278 g/mol. The maximum Gasteiger partial charge on any atom is 0.235 e. The number of carbonyl (C=O) groups is 1. The first-order chi connectivity index (χ1) is 9.06. The molecule has 1 amide bonds. The molecule has 0 aliphatic heterocycles. The Morgan fingerprint density at radius 1 is 1.37 bits per heavy atom. The first kappa shape index (κ1) is 14.4. The van der Waals surface area contributed by atoms with Crippen LogP contribution in [0.15, 0.2) is 29.2 Å². The summed E-state index contributed by atoms with van der Waals surface area (Å²) in [4.78, 5) is 12.6. The normalized spacial score (nSPS) is 16.6. The number of benzene rings is 1. The van der Waals surface area contributed by atoms with Crippen LogP contribution in [0.25, 0.3) is 0 Å². The SMILES string of the molecule is CC(C)c1ccc(SCC(NC2CC2)C(N)=O)cc1. The Bertz CT molecular complexity index is 426. The van der Waals surface area contributed by atoms with E-state index in [4.69, 9.17) is 5.73 Å². The number of nitrogens with one attached hydrogen (secondary N) is 1. The summed E-state index contributed by atoms with van der Waals surface area (Å²) in [6.45, 7) is 4.37. The first-order valence-electron chi connectivity index (χ1n) is 6.84. The molecule has 1 fully saturated rings. The van der Waals surface area contributed by atoms with Gasteiger partial charge in [-0.1, -0.05) is 26.0 Å². The molecule has 0 heterocycles. The molecule has 1 aromatic carbocycles. The Morgan fingerprint density at radius 2 is 2.00 bits per heavy atom. The van der Waals surface area contributed by atoms with Gasteiger partial charge in [-0.2, -0.15) is 0 Å². The van der Waals surface area contributed by atoms with Crippen molar-refractivity contribution in [2.45, 2.75) is 49.6 Å². The van der Waals surface area contributed by atoms with Crippen LogP contribution in [0.5, 0.6) is 0 Å². The largest absolute Gasteiger partial charge is 0.368 e. The predicted octanol–water partition coefficient (Wildman–Crippen LogP) is 2.51. The number of amides is 1. The van der Waals surface area contributed by atoms with Crippen LogP contribution in [0.3, 0.4) is 0 Å². The van der Waals surface area contributed by atoms with E-state index in [1.165, 1.54) is 10.5 Å². The summed E-state index contributed by atoms with van der Waals surface area (Å²) in [6.07, 6.45) is 2.33. The van der Waals surface area contributed by atoms with Gasteiger partial charge in [0.2, 0.25) is 5.91 Å². The van der Waals surface area contributed by atoms with Gasteiger partial charge >= 0.3 is 0 Å². The standard InChI is InChI=1S/C15H22N2OS/c1-10(2)11-3-7-13(8-4-11)19-9-14(15(16)18)17-12-5-6-12/h3-4,7-8,10,12,14,17H,5-6,9H2,1-2H3,(H2,16,18). The van der Waals surface area contributed by atoms with Gasteiger partial charge in [0.25, 0.3) is 0 Å². The molecule has 0 radical (unpaired) electrons. The Labute approximate surface area is 119 Å². The lowest BCUT2D eigenvalue weighted by atomic mass is 10.0. The lowest BCUT2D eigenvalue weighted by Crippen LogP contribution is -2.44. The van der Waals surface area contributed by atoms with E-state index in [9.17, 15) is 4.79 Å². The van der Waals surface area contributed by atoms with Crippen LogP contribution < -0.4 is 11.1 Å². The Kier molecular flexibility index (Phi) is 4.88. The number of rotatable bonds is 7. The van der Waals surface area contributed by atoms with Gasteiger partial charge < -0.3 is 11.1 Å². The number of hydrogen-bond acceptors (Lipinski definition) is 3. The molecule has 1 aliphatic carbocycles. The second-order valence-corrected chi connectivity index (χ2v) is 6.52. The summed E-state index contributed by atoms with van der Waals surface area (Å²) in [5.74, 6) is 1.000. The summed E-state index contributed by atoms with van der Waals surface area (Å²) in [5, 5.41) is 3.29. The number of nitrogens with two attached hydrogens (primary N) is 1. The Hall–Kier alpha value is -1.00. The fraction of sp³-hybridized carbons (Fsp3) is 0.533. The molecule has 0 spiro atoms. The highest BCUT2D eigenvalue weighted by Crippen LogP contribution is 2.24. The van der Waals surface area contributed by atoms with Crippen LogP contribution in [0.4, 0.5) is 0 Å². The van der Waals surface area contributed by atoms with Crippen molar-refractivity contribution in [2.24, 2.45) is 5.73 Å². The third kappa shape index (κ3) is 4.55. The Morgan fingerprint density at radius 3 is 2.47 bits per heavy atom. The second kappa shape index (κ2) is 6.44. The van der Waals surface area contributed by atoms with Crippen LogP contribution in [0.1, 0.15) is 38.2 Å². The minimum absolute atomic E-state index is 0.220. The molecule has 0 aromatic heterocycles. The van der Waals surface area contributed by atoms with Gasteiger partial charge in [-0.05, 0) is 36.5 Å². The van der Waals surface area contributed by atoms with E-state index >= 15 is 0 Å². The van der Waals surface area contributed by atoms with Crippen molar-refractivity contribution in [1.82, 2.24) is 5.32 Å². The van der Waals surface area contributed by atoms with Crippen molar-refractivity contribution in [3.05, 3.63) is 29.8 Å². The van der Waals surface area contributed by atoms with Gasteiger partial charge in [0, 0.05) is 16.7 Å². The minimum atomic E-state index is -0.252. The molecule has 19 heavy (non-hydrogen) atoms. The second-order valence-electron chi connectivity index (χ2n) is 5.43. The number of thioether (sulfide) groups is 1. The summed E-state index contributed by atoms with van der Waals surface area (Å²) in [7, 11) is 0. The van der Waals surface area contributed by atoms with Gasteiger partial charge in [0.15, 0.2) is 0 Å². The smallest absolute Gasteiger partial charge is 0.235 e.